The van der Waals surface area contributed by atoms with E-state index in [0.29, 0.717) is 19.1 Å². The first-order valence-corrected chi connectivity index (χ1v) is 7.36. The molecule has 7 nitrogen and oxygen atoms in total. The van der Waals surface area contributed by atoms with E-state index < -0.39 is 0 Å². The van der Waals surface area contributed by atoms with Gasteiger partial charge >= 0.3 is 0 Å². The van der Waals surface area contributed by atoms with E-state index in [4.69, 9.17) is 9.47 Å². The summed E-state index contributed by atoms with van der Waals surface area (Å²) in [5.41, 5.74) is 2.50. The van der Waals surface area contributed by atoms with Crippen molar-refractivity contribution in [3.8, 4) is 11.3 Å². The van der Waals surface area contributed by atoms with Crippen LogP contribution in [0.3, 0.4) is 0 Å². The van der Waals surface area contributed by atoms with E-state index in [0.717, 1.165) is 36.4 Å². The third-order valence-electron chi connectivity index (χ3n) is 3.48. The summed E-state index contributed by atoms with van der Waals surface area (Å²) in [6, 6.07) is 0. The smallest absolute Gasteiger partial charge is 0.223 e. The molecule has 0 spiro atoms. The minimum atomic E-state index is -0.0111. The number of hydrogen-bond donors (Lipinski definition) is 1. The Morgan fingerprint density at radius 3 is 3.00 bits per heavy atom. The zero-order valence-corrected chi connectivity index (χ0v) is 12.5. The molecule has 1 fully saturated rings. The highest BCUT2D eigenvalue weighted by molar-refractivity contribution is 5.61. The average molecular weight is 301 g/mol. The van der Waals surface area contributed by atoms with Gasteiger partial charge in [-0.05, 0) is 12.8 Å². The Kier molecular flexibility index (Phi) is 4.87. The maximum atomic E-state index is 5.79. The summed E-state index contributed by atoms with van der Waals surface area (Å²) in [6.07, 6.45) is 8.81. The SMILES string of the molecule is COCCNc1ncc(-c2cnccn2)c([C@@H]2CCCO2)n1. The van der Waals surface area contributed by atoms with E-state index >= 15 is 0 Å². The van der Waals surface area contributed by atoms with Crippen molar-refractivity contribution in [1.29, 1.82) is 0 Å². The number of nitrogens with one attached hydrogen (secondary N) is 1. The predicted molar refractivity (Wildman–Crippen MR) is 81.4 cm³/mol. The molecule has 1 aliphatic rings. The zero-order valence-electron chi connectivity index (χ0n) is 12.5. The molecule has 3 heterocycles. The molecular formula is C15H19N5O2. The van der Waals surface area contributed by atoms with Gasteiger partial charge in [-0.25, -0.2) is 9.97 Å². The summed E-state index contributed by atoms with van der Waals surface area (Å²) in [6.45, 7) is 2.03. The fourth-order valence-electron chi connectivity index (χ4n) is 2.42. The van der Waals surface area contributed by atoms with Gasteiger partial charge < -0.3 is 14.8 Å². The highest BCUT2D eigenvalue weighted by Gasteiger charge is 2.24. The molecule has 1 aliphatic heterocycles. The first kappa shape index (κ1) is 14.8. The van der Waals surface area contributed by atoms with Crippen LogP contribution in [0.2, 0.25) is 0 Å². The number of rotatable bonds is 6. The van der Waals surface area contributed by atoms with Crippen molar-refractivity contribution in [3.63, 3.8) is 0 Å². The highest BCUT2D eigenvalue weighted by atomic mass is 16.5. The number of hydrogen-bond acceptors (Lipinski definition) is 7. The van der Waals surface area contributed by atoms with E-state index in [1.54, 1.807) is 31.9 Å². The van der Waals surface area contributed by atoms with Gasteiger partial charge in [0.2, 0.25) is 5.95 Å². The maximum Gasteiger partial charge on any atom is 0.223 e. The van der Waals surface area contributed by atoms with Crippen LogP contribution in [0.15, 0.2) is 24.8 Å². The van der Waals surface area contributed by atoms with Crippen LogP contribution >= 0.6 is 0 Å². The molecule has 0 amide bonds. The van der Waals surface area contributed by atoms with Crippen LogP contribution in [0.1, 0.15) is 24.6 Å². The van der Waals surface area contributed by atoms with Crippen LogP contribution < -0.4 is 5.32 Å². The van der Waals surface area contributed by atoms with Crippen LogP contribution in [-0.4, -0.2) is 46.8 Å². The zero-order chi connectivity index (χ0) is 15.2. The number of aromatic nitrogens is 4. The molecule has 1 atom stereocenters. The minimum Gasteiger partial charge on any atom is -0.383 e. The Hall–Kier alpha value is -2.12. The second-order valence-electron chi connectivity index (χ2n) is 5.00. The van der Waals surface area contributed by atoms with Gasteiger partial charge in [0.05, 0.1) is 24.2 Å². The molecule has 0 unspecified atom stereocenters. The van der Waals surface area contributed by atoms with E-state index in [9.17, 15) is 0 Å². The Morgan fingerprint density at radius 1 is 1.32 bits per heavy atom. The van der Waals surface area contributed by atoms with Gasteiger partial charge in [-0.3, -0.25) is 9.97 Å². The van der Waals surface area contributed by atoms with E-state index in [1.165, 1.54) is 0 Å². The molecule has 0 aliphatic carbocycles. The van der Waals surface area contributed by atoms with Crippen LogP contribution in [0.4, 0.5) is 5.95 Å². The Labute approximate surface area is 129 Å². The molecule has 0 bridgehead atoms. The van der Waals surface area contributed by atoms with Gasteiger partial charge in [0.1, 0.15) is 6.10 Å². The summed E-state index contributed by atoms with van der Waals surface area (Å²) in [5, 5.41) is 3.15. The van der Waals surface area contributed by atoms with Crippen molar-refractivity contribution < 1.29 is 9.47 Å². The molecule has 22 heavy (non-hydrogen) atoms. The van der Waals surface area contributed by atoms with Gasteiger partial charge in [0.25, 0.3) is 0 Å². The van der Waals surface area contributed by atoms with Crippen LogP contribution in [0, 0.1) is 0 Å². The van der Waals surface area contributed by atoms with Crippen LogP contribution in [-0.2, 0) is 9.47 Å². The lowest BCUT2D eigenvalue weighted by atomic mass is 10.1. The second-order valence-corrected chi connectivity index (χ2v) is 5.00. The average Bonchev–Trinajstić information content (AvgIpc) is 3.10. The van der Waals surface area contributed by atoms with Gasteiger partial charge in [-0.15, -0.1) is 0 Å². The van der Waals surface area contributed by atoms with Gasteiger partial charge in [0, 0.05) is 44.4 Å². The predicted octanol–water partition coefficient (Wildman–Crippen LogP) is 1.84. The summed E-state index contributed by atoms with van der Waals surface area (Å²) in [4.78, 5) is 17.5. The first-order valence-electron chi connectivity index (χ1n) is 7.36. The number of nitrogens with zero attached hydrogens (tertiary/aromatic N) is 4. The fraction of sp³-hybridized carbons (Fsp3) is 0.467. The lowest BCUT2D eigenvalue weighted by Crippen LogP contribution is -2.13. The molecule has 2 aromatic rings. The van der Waals surface area contributed by atoms with E-state index in [-0.39, 0.29) is 6.10 Å². The standard InChI is InChI=1S/C15H19N5O2/c1-21-8-6-18-15-19-9-11(12-10-16-4-5-17-12)14(20-15)13-3-2-7-22-13/h4-5,9-10,13H,2-3,6-8H2,1H3,(H,18,19,20)/t13-/m0/s1. The molecule has 2 aromatic heterocycles. The molecular weight excluding hydrogens is 282 g/mol. The Morgan fingerprint density at radius 2 is 2.27 bits per heavy atom. The van der Waals surface area contributed by atoms with Crippen LogP contribution in [0.25, 0.3) is 11.3 Å². The minimum absolute atomic E-state index is 0.0111. The second kappa shape index (κ2) is 7.24. The quantitative estimate of drug-likeness (QED) is 0.815. The topological polar surface area (TPSA) is 82.0 Å². The summed E-state index contributed by atoms with van der Waals surface area (Å²) in [7, 11) is 1.66. The number of methoxy groups -OCH3 is 1. The lowest BCUT2D eigenvalue weighted by molar-refractivity contribution is 0.109. The van der Waals surface area contributed by atoms with E-state index in [2.05, 4.69) is 25.3 Å². The van der Waals surface area contributed by atoms with Crippen molar-refractivity contribution in [1.82, 2.24) is 19.9 Å². The fourth-order valence-corrected chi connectivity index (χ4v) is 2.42. The summed E-state index contributed by atoms with van der Waals surface area (Å²) >= 11 is 0. The summed E-state index contributed by atoms with van der Waals surface area (Å²) in [5.74, 6) is 0.579. The van der Waals surface area contributed by atoms with Gasteiger partial charge in [-0.2, -0.15) is 0 Å². The lowest BCUT2D eigenvalue weighted by Gasteiger charge is -2.15. The first-order chi connectivity index (χ1) is 10.9. The molecule has 1 N–H and O–H groups in total. The third kappa shape index (κ3) is 3.37. The van der Waals surface area contributed by atoms with E-state index in [1.807, 2.05) is 0 Å². The van der Waals surface area contributed by atoms with Crippen molar-refractivity contribution in [2.24, 2.45) is 0 Å². The molecule has 7 heteroatoms. The molecule has 1 saturated heterocycles. The normalized spacial score (nSPS) is 17.6. The van der Waals surface area contributed by atoms with Crippen molar-refractivity contribution >= 4 is 5.95 Å². The number of anilines is 1. The monoisotopic (exact) mass is 301 g/mol. The number of ether oxygens (including phenoxy) is 2. The Balaban J connectivity index is 1.91. The largest absolute Gasteiger partial charge is 0.383 e. The van der Waals surface area contributed by atoms with Crippen molar-refractivity contribution in [2.75, 3.05) is 32.2 Å². The van der Waals surface area contributed by atoms with Crippen molar-refractivity contribution in [2.45, 2.75) is 18.9 Å². The highest BCUT2D eigenvalue weighted by Crippen LogP contribution is 2.33. The molecule has 116 valence electrons. The third-order valence-corrected chi connectivity index (χ3v) is 3.48. The van der Waals surface area contributed by atoms with Crippen LogP contribution in [0.5, 0.6) is 0 Å². The molecule has 3 rings (SSSR count). The van der Waals surface area contributed by atoms with Crippen molar-refractivity contribution in [3.05, 3.63) is 30.5 Å². The molecule has 0 saturated carbocycles. The maximum absolute atomic E-state index is 5.79. The molecule has 0 aromatic carbocycles. The molecule has 0 radical (unpaired) electrons. The van der Waals surface area contributed by atoms with Gasteiger partial charge in [-0.1, -0.05) is 0 Å². The summed E-state index contributed by atoms with van der Waals surface area (Å²) < 4.78 is 10.8. The van der Waals surface area contributed by atoms with Gasteiger partial charge in [0.15, 0.2) is 0 Å². The Bertz CT molecular complexity index is 602.